The quantitative estimate of drug-likeness (QED) is 0.0311. The smallest absolute Gasteiger partial charge is 0.335 e. The van der Waals surface area contributed by atoms with Gasteiger partial charge in [0.2, 0.25) is 0 Å². The molecule has 11 aromatic rings. The van der Waals surface area contributed by atoms with Crippen LogP contribution in [0.25, 0.3) is 33.2 Å². The number of aromatic carboxylic acids is 1. The first-order valence-corrected chi connectivity index (χ1v) is 51.1. The van der Waals surface area contributed by atoms with Crippen LogP contribution in [0.15, 0.2) is 144 Å². The molecule has 30 heteroatoms. The molecule has 0 saturated carbocycles. The molecule has 0 unspecified atom stereocenters. The number of pyridine rings is 7. The van der Waals surface area contributed by atoms with E-state index in [1.165, 1.54) is 14.7 Å². The number of anilines is 4. The number of hydrogen-bond acceptors (Lipinski definition) is 25. The number of aryl methyl sites for hydroxylation is 3. The summed E-state index contributed by atoms with van der Waals surface area (Å²) in [5, 5.41) is 36.0. The molecule has 0 spiro atoms. The van der Waals surface area contributed by atoms with Crippen LogP contribution in [0.1, 0.15) is 151 Å². The molecule has 0 bridgehead atoms. The third-order valence-electron chi connectivity index (χ3n) is 21.6. The maximum absolute atomic E-state index is 12.5. The fraction of sp³-hybridized carbons (Fsp3) is 0.400. The van der Waals surface area contributed by atoms with Gasteiger partial charge in [-0.2, -0.15) is 5.10 Å². The molecular formula is C90H106N18O11Sn. The molecule has 6 aliphatic heterocycles. The van der Waals surface area contributed by atoms with E-state index in [0.717, 1.165) is 201 Å². The molecule has 2 aromatic carbocycles. The summed E-state index contributed by atoms with van der Waals surface area (Å²) in [5.74, 6) is 3.64. The molecule has 626 valence electrons. The molecule has 4 saturated heterocycles. The topological polar surface area (TPSA) is 338 Å². The van der Waals surface area contributed by atoms with Gasteiger partial charge in [-0.05, 0) is 150 Å². The zero-order valence-corrected chi connectivity index (χ0v) is 73.0. The predicted octanol–water partition coefficient (Wildman–Crippen LogP) is 13.1. The van der Waals surface area contributed by atoms with Crippen molar-refractivity contribution in [2.24, 2.45) is 9.98 Å². The number of aromatic nitrogens is 11. The first kappa shape index (κ1) is 85.1. The standard InChI is InChI=1S/C28H31N5O4.C21H25N5O2.C19H20N4O3.C19H21N4O2.3CH3.Sn/c1-4-37-28(34)20-15-18(2)30-23(16-20)26-25-24(9-12-29-27(25)31-21-10-13-36-14-11-21)33(32-26)17-19-5-7-22(35-3)8-6-19;1-13-10-15(21(27)26(2)3)11-17(24-13)19-18-14(12-23-19)4-7-22-20(18)25-16-5-8-28-9-6-16;1-11-8-13(19(24)25)9-15(22-11)17-16-12(10-21-17)2-5-20-18(16)23-14-3-6-26-7-4-14;1-24-16-4-2-14(3-5-16)13-23-18-6-9-20-19(17(18)12-21-23)22-15-7-10-25-11-8-15;;;;/h5-9,12,15-16,21H,4,10-11,13-14,17H2,1-3H3,(H,29,31);4,7,10-11,16H,5-6,8-9,12H2,1-3H3,(H,22,25);2,5,8-9,14H,3-4,6-7,10H2,1H3,(H,20,23)(H,24,25);2-6,9,15H,7-8,10-11,13H2,1H3,(H,20,22);3*1H3;. The number of carboxylic acids is 1. The minimum Gasteiger partial charge on any atom is -0.478 e. The van der Waals surface area contributed by atoms with E-state index in [-0.39, 0.29) is 23.5 Å². The molecule has 29 nitrogen and oxygen atoms in total. The largest absolute Gasteiger partial charge is 0.478 e. The van der Waals surface area contributed by atoms with Gasteiger partial charge in [-0.25, -0.2) is 24.5 Å². The van der Waals surface area contributed by atoms with Crippen LogP contribution in [0.2, 0.25) is 14.8 Å². The maximum Gasteiger partial charge on any atom is 0.335 e. The van der Waals surface area contributed by atoms with Crippen LogP contribution >= 0.6 is 0 Å². The van der Waals surface area contributed by atoms with Gasteiger partial charge in [0.25, 0.3) is 5.91 Å². The third kappa shape index (κ3) is 20.7. The molecule has 1 amide bonds. The molecule has 6 aliphatic rings. The molecule has 5 N–H and O–H groups in total. The average molecular weight is 1730 g/mol. The second kappa shape index (κ2) is 39.2. The van der Waals surface area contributed by atoms with Crippen LogP contribution < -0.4 is 34.5 Å². The molecular weight excluding hydrogens is 1630 g/mol. The summed E-state index contributed by atoms with van der Waals surface area (Å²) in [4.78, 5) is 87.1. The number of carboxylic acid groups (broad SMARTS) is 1. The van der Waals surface area contributed by atoms with Gasteiger partial charge in [0.05, 0.1) is 83.9 Å². The first-order valence-electron chi connectivity index (χ1n) is 41.1. The molecule has 0 aliphatic carbocycles. The summed E-state index contributed by atoms with van der Waals surface area (Å²) < 4.78 is 43.2. The fourth-order valence-electron chi connectivity index (χ4n) is 15.5. The van der Waals surface area contributed by atoms with E-state index in [4.69, 9.17) is 63.3 Å². The Hall–Kier alpha value is -11.4. The zero-order valence-electron chi connectivity index (χ0n) is 70.2. The number of hydrogen-bond donors (Lipinski definition) is 5. The number of aliphatic imine (C=N–C) groups is 2. The summed E-state index contributed by atoms with van der Waals surface area (Å²) in [6.07, 6.45) is 14.9. The molecule has 4 fully saturated rings. The minimum absolute atomic E-state index is 0.0442. The maximum atomic E-state index is 12.5. The van der Waals surface area contributed by atoms with Gasteiger partial charge in [-0.3, -0.25) is 34.4 Å². The van der Waals surface area contributed by atoms with Gasteiger partial charge in [0.1, 0.15) is 28.9 Å². The van der Waals surface area contributed by atoms with E-state index in [1.807, 2.05) is 97.7 Å². The first-order chi connectivity index (χ1) is 58.1. The van der Waals surface area contributed by atoms with Gasteiger partial charge >= 0.3 is 189 Å². The number of benzene rings is 2. The van der Waals surface area contributed by atoms with Crippen LogP contribution in [0, 0.1) is 20.8 Å². The summed E-state index contributed by atoms with van der Waals surface area (Å²) in [6.45, 7) is 16.2. The van der Waals surface area contributed by atoms with E-state index < -0.39 is 24.3 Å². The number of fused-ring (bicyclic) bond motifs is 4. The van der Waals surface area contributed by atoms with Gasteiger partial charge in [-0.15, -0.1) is 0 Å². The number of amides is 1. The fourth-order valence-corrected chi connectivity index (χ4v) is 19.5. The number of nitrogens with zero attached hydrogens (tertiary/aromatic N) is 14. The van der Waals surface area contributed by atoms with Crippen molar-refractivity contribution >= 4 is 96.4 Å². The minimum atomic E-state index is -2.47. The van der Waals surface area contributed by atoms with Crippen molar-refractivity contribution in [3.63, 3.8) is 0 Å². The normalized spacial score (nSPS) is 15.6. The van der Waals surface area contributed by atoms with Crippen molar-refractivity contribution in [1.82, 2.24) is 59.3 Å². The molecule has 15 heterocycles. The molecule has 0 radical (unpaired) electrons. The third-order valence-corrected chi connectivity index (χ3v) is 26.7. The Balaban J connectivity index is 0.000000132. The Morgan fingerprint density at radius 3 is 1.31 bits per heavy atom. The number of nitrogens with one attached hydrogen (secondary N) is 4. The zero-order chi connectivity index (χ0) is 84.0. The van der Waals surface area contributed by atoms with Crippen LogP contribution in [-0.4, -0.2) is 224 Å². The molecule has 120 heavy (non-hydrogen) atoms. The van der Waals surface area contributed by atoms with E-state index in [2.05, 4.69) is 83.9 Å². The monoisotopic (exact) mass is 1730 g/mol. The van der Waals surface area contributed by atoms with Crippen molar-refractivity contribution in [1.29, 1.82) is 0 Å². The Morgan fingerprint density at radius 1 is 0.492 bits per heavy atom. The van der Waals surface area contributed by atoms with Gasteiger partial charge in [-0.1, -0.05) is 12.1 Å². The summed E-state index contributed by atoms with van der Waals surface area (Å²) in [6, 6.07) is 35.7. The number of carbonyl (C=O) groups excluding carboxylic acids is 2. The van der Waals surface area contributed by atoms with Crippen LogP contribution in [-0.2, 0) is 49.9 Å². The van der Waals surface area contributed by atoms with Gasteiger partial charge in [0, 0.05) is 124 Å². The van der Waals surface area contributed by atoms with Crippen molar-refractivity contribution in [3.8, 4) is 22.9 Å². The van der Waals surface area contributed by atoms with E-state index in [0.29, 0.717) is 95.4 Å². The SMILES string of the molecule is CCOC(=O)c1cc(C)nc(-c2nn(Cc3ccc(OC)cc3)c3ccnc(NC4CCOCC4)c23)c1.COc1ccc(Cn2n[c]([Sn]([CH3])([CH3])[CH3])c3c(NC4CCOCC4)nccc32)cc1.Cc1cc(C(=O)N(C)C)cc(C2=NCc3ccnc(NC4CCOCC4)c32)n1.Cc1cc(C(=O)O)cc(C2=NCc3ccnc(NC4CCOCC4)c32)n1. The number of esters is 1. The molecule has 17 rings (SSSR count). The second-order valence-electron chi connectivity index (χ2n) is 31.8. The predicted molar refractivity (Wildman–Crippen MR) is 466 cm³/mol. The number of rotatable bonds is 22. The number of ether oxygens (including phenoxy) is 7. The van der Waals surface area contributed by atoms with Crippen molar-refractivity contribution in [2.45, 2.75) is 144 Å². The molecule has 0 atom stereocenters. The van der Waals surface area contributed by atoms with Crippen molar-refractivity contribution in [2.75, 3.05) is 109 Å². The van der Waals surface area contributed by atoms with E-state index in [9.17, 15) is 19.5 Å². The summed E-state index contributed by atoms with van der Waals surface area (Å²) >= 11 is -2.47. The Morgan fingerprint density at radius 2 is 0.875 bits per heavy atom. The number of carbonyl (C=O) groups is 3. The van der Waals surface area contributed by atoms with Crippen LogP contribution in [0.3, 0.4) is 0 Å². The second-order valence-corrected chi connectivity index (χ2v) is 46.0. The Bertz CT molecular complexity index is 5530. The summed E-state index contributed by atoms with van der Waals surface area (Å²) in [5.41, 5.74) is 16.0. The Labute approximate surface area is 702 Å². The summed E-state index contributed by atoms with van der Waals surface area (Å²) in [7, 11) is 6.85. The van der Waals surface area contributed by atoms with Crippen LogP contribution in [0.4, 0.5) is 23.3 Å². The number of methoxy groups -OCH3 is 2. The van der Waals surface area contributed by atoms with Gasteiger partial charge < -0.3 is 49.6 Å². The van der Waals surface area contributed by atoms with Gasteiger partial charge in [0.15, 0.2) is 0 Å². The van der Waals surface area contributed by atoms with Crippen molar-refractivity contribution in [3.05, 3.63) is 213 Å². The van der Waals surface area contributed by atoms with Crippen molar-refractivity contribution < 1.29 is 52.6 Å². The Kier molecular flexibility index (Phi) is 27.8. The van der Waals surface area contributed by atoms with Crippen LogP contribution in [0.5, 0.6) is 11.5 Å². The van der Waals surface area contributed by atoms with E-state index >= 15 is 0 Å². The molecule has 9 aromatic heterocycles. The van der Waals surface area contributed by atoms with E-state index in [1.54, 1.807) is 83.7 Å². The average Bonchev–Trinajstić information content (AvgIpc) is 1.61.